The van der Waals surface area contributed by atoms with Crippen molar-refractivity contribution in [2.45, 2.75) is 110 Å². The number of anilines is 5. The van der Waals surface area contributed by atoms with Crippen molar-refractivity contribution in [1.82, 2.24) is 0 Å². The summed E-state index contributed by atoms with van der Waals surface area (Å²) in [6.07, 6.45) is 4.55. The van der Waals surface area contributed by atoms with Gasteiger partial charge < -0.3 is 18.5 Å². The number of hydrogen-bond acceptors (Lipinski definition) is 4. The molecule has 0 spiro atoms. The first-order valence-corrected chi connectivity index (χ1v) is 25.6. The van der Waals surface area contributed by atoms with Crippen molar-refractivity contribution in [3.63, 3.8) is 0 Å². The fourth-order valence-electron chi connectivity index (χ4n) is 13.4. The molecule has 344 valence electrons. The zero-order valence-electron chi connectivity index (χ0n) is 42.0. The lowest BCUT2D eigenvalue weighted by atomic mass is 9.45. The molecule has 0 fully saturated rings. The zero-order chi connectivity index (χ0) is 47.8. The van der Waals surface area contributed by atoms with Crippen molar-refractivity contribution in [2.75, 3.05) is 9.71 Å². The second kappa shape index (κ2) is 14.1. The fourth-order valence-corrected chi connectivity index (χ4v) is 13.4. The first kappa shape index (κ1) is 42.0. The van der Waals surface area contributed by atoms with E-state index in [4.69, 9.17) is 8.83 Å². The molecule has 2 aliphatic carbocycles. The maximum Gasteiger partial charge on any atom is 0.376 e. The van der Waals surface area contributed by atoms with Crippen LogP contribution in [0.5, 0.6) is 0 Å². The van der Waals surface area contributed by atoms with Crippen molar-refractivity contribution in [3.8, 4) is 22.3 Å². The van der Waals surface area contributed by atoms with E-state index in [1.807, 2.05) is 0 Å². The highest BCUT2D eigenvalue weighted by Crippen LogP contribution is 2.57. The Balaban J connectivity index is 1.17. The Morgan fingerprint density at radius 3 is 1.79 bits per heavy atom. The molecule has 0 saturated carbocycles. The van der Waals surface area contributed by atoms with Crippen LogP contribution in [-0.4, -0.2) is 6.85 Å². The highest BCUT2D eigenvalue weighted by Gasteiger charge is 2.51. The summed E-state index contributed by atoms with van der Waals surface area (Å²) in [4.78, 5) is 5.21. The minimum absolute atomic E-state index is 0.00547. The van der Waals surface area contributed by atoms with Gasteiger partial charge in [0.25, 0.3) is 0 Å². The van der Waals surface area contributed by atoms with Gasteiger partial charge in [0, 0.05) is 38.8 Å². The highest BCUT2D eigenvalue weighted by molar-refractivity contribution is 6.93. The monoisotopic (exact) mass is 910 g/mol. The van der Waals surface area contributed by atoms with Gasteiger partial charge in [0.1, 0.15) is 16.8 Å². The lowest BCUT2D eigenvalue weighted by Crippen LogP contribution is -2.61. The summed E-state index contributed by atoms with van der Waals surface area (Å²) in [6, 6.07) is 54.7. The zero-order valence-corrected chi connectivity index (χ0v) is 42.0. The van der Waals surface area contributed by atoms with Gasteiger partial charge >= 0.3 is 6.85 Å². The molecule has 0 radical (unpaired) electrons. The molecule has 5 heteroatoms. The molecule has 2 aliphatic heterocycles. The number of furan rings is 2. The molecule has 0 atom stereocenters. The minimum Gasteiger partial charge on any atom is -0.466 e. The molecule has 0 saturated heterocycles. The first-order valence-electron chi connectivity index (χ1n) is 25.6. The quantitative estimate of drug-likeness (QED) is 0.165. The van der Waals surface area contributed by atoms with Crippen LogP contribution in [0.3, 0.4) is 0 Å². The van der Waals surface area contributed by atoms with E-state index in [0.717, 1.165) is 87.0 Å². The molecule has 14 rings (SSSR count). The summed E-state index contributed by atoms with van der Waals surface area (Å²) in [5, 5.41) is 5.85. The number of para-hydroxylation sites is 1. The molecule has 0 N–H and O–H groups in total. The Labute approximate surface area is 412 Å². The van der Waals surface area contributed by atoms with E-state index < -0.39 is 0 Å². The van der Waals surface area contributed by atoms with Gasteiger partial charge in [-0.15, -0.1) is 0 Å². The number of aryl methyl sites for hydroxylation is 1. The van der Waals surface area contributed by atoms with E-state index in [1.54, 1.807) is 0 Å². The summed E-state index contributed by atoms with van der Waals surface area (Å²) >= 11 is 0. The van der Waals surface area contributed by atoms with E-state index in [9.17, 15) is 0 Å². The molecule has 10 aromatic rings. The van der Waals surface area contributed by atoms with E-state index in [-0.39, 0.29) is 28.5 Å². The summed E-state index contributed by atoms with van der Waals surface area (Å²) in [7, 11) is 0. The number of nitrogens with zero attached hydrogens (tertiary/aromatic N) is 2. The van der Waals surface area contributed by atoms with Crippen molar-refractivity contribution < 1.29 is 8.83 Å². The number of rotatable bonds is 3. The molecule has 4 aliphatic rings. The smallest absolute Gasteiger partial charge is 0.376 e. The Bertz CT molecular complexity index is 3870. The summed E-state index contributed by atoms with van der Waals surface area (Å²) in [6.45, 7) is 21.5. The van der Waals surface area contributed by atoms with E-state index >= 15 is 0 Å². The Morgan fingerprint density at radius 2 is 1.07 bits per heavy atom. The summed E-state index contributed by atoms with van der Waals surface area (Å²) in [5.41, 5.74) is 22.4. The molecule has 2 aromatic heterocycles. The Kier molecular flexibility index (Phi) is 8.45. The van der Waals surface area contributed by atoms with Crippen LogP contribution in [-0.2, 0) is 21.7 Å². The third-order valence-electron chi connectivity index (χ3n) is 17.7. The molecule has 0 amide bonds. The number of fused-ring (bicyclic) bond motifs is 14. The van der Waals surface area contributed by atoms with Crippen molar-refractivity contribution >= 4 is 90.1 Å². The molecular formula is C65H59BN2O2. The molecule has 0 unspecified atom stereocenters. The maximum absolute atomic E-state index is 7.75. The SMILES string of the molecule is Cc1cc2c(cc1N1c3c(oc4cc5c(cc34)C(C)(C)CCC5(C)C)B3c4c(cc5c(oc6ccccc65)c41)-c1c(ccc4ccccc14)N3c1ccc(-c3ccccc3)cc1)C(C)(C)CCC2(C)C. The number of hydrogen-bond donors (Lipinski definition) is 0. The minimum atomic E-state index is -0.330. The van der Waals surface area contributed by atoms with Gasteiger partial charge in [0.15, 0.2) is 5.58 Å². The first-order chi connectivity index (χ1) is 33.6. The van der Waals surface area contributed by atoms with E-state index in [1.165, 1.54) is 72.0 Å². The third kappa shape index (κ3) is 5.72. The summed E-state index contributed by atoms with van der Waals surface area (Å²) in [5.74, 6) is 0. The average molecular weight is 911 g/mol. The van der Waals surface area contributed by atoms with Crippen molar-refractivity contribution in [2.24, 2.45) is 0 Å². The van der Waals surface area contributed by atoms with E-state index in [2.05, 4.69) is 218 Å². The third-order valence-corrected chi connectivity index (χ3v) is 17.7. The van der Waals surface area contributed by atoms with Crippen LogP contribution in [0.25, 0.3) is 65.9 Å². The fraction of sp³-hybridized carbons (Fsp3) is 0.262. The van der Waals surface area contributed by atoms with Crippen LogP contribution in [0.1, 0.15) is 109 Å². The molecule has 4 heterocycles. The van der Waals surface area contributed by atoms with Crippen LogP contribution in [0.4, 0.5) is 28.4 Å². The van der Waals surface area contributed by atoms with E-state index in [0.29, 0.717) is 0 Å². The van der Waals surface area contributed by atoms with Gasteiger partial charge in [0.2, 0.25) is 0 Å². The average Bonchev–Trinajstić information content (AvgIpc) is 3.93. The van der Waals surface area contributed by atoms with Gasteiger partial charge in [-0.1, -0.05) is 152 Å². The second-order valence-electron chi connectivity index (χ2n) is 23.8. The van der Waals surface area contributed by atoms with Crippen LogP contribution in [0.2, 0.25) is 0 Å². The topological polar surface area (TPSA) is 32.8 Å². The lowest BCUT2D eigenvalue weighted by Gasteiger charge is -2.45. The molecule has 8 aromatic carbocycles. The van der Waals surface area contributed by atoms with Crippen molar-refractivity contribution in [3.05, 3.63) is 173 Å². The number of benzene rings is 8. The van der Waals surface area contributed by atoms with Crippen LogP contribution in [0, 0.1) is 6.92 Å². The Hall–Kier alpha value is -6.98. The van der Waals surface area contributed by atoms with Gasteiger partial charge in [-0.25, -0.2) is 0 Å². The standard InChI is InChI=1S/C65H59BN2O2/c1-38-33-48-50(64(6,7)31-29-62(48,2)3)36-53(38)67-58-46-35-49-51(65(8,9)32-30-63(49,4)5)37-55(46)70-61(58)66-57-47(34-45-44-21-15-16-22-54(44)69-60(45)59(57)67)56-43-20-14-13-19-41(43)25-28-52(56)68(66)42-26-23-40(24-27-42)39-17-11-10-12-18-39/h10-28,33-37H,29-32H2,1-9H3. The highest BCUT2D eigenvalue weighted by atomic mass is 16.3. The molecular weight excluding hydrogens is 852 g/mol. The van der Waals surface area contributed by atoms with Gasteiger partial charge in [-0.3, -0.25) is 0 Å². The second-order valence-corrected chi connectivity index (χ2v) is 23.8. The van der Waals surface area contributed by atoms with Gasteiger partial charge in [0.05, 0.1) is 11.4 Å². The van der Waals surface area contributed by atoms with Crippen LogP contribution >= 0.6 is 0 Å². The summed E-state index contributed by atoms with van der Waals surface area (Å²) < 4.78 is 15.1. The largest absolute Gasteiger partial charge is 0.466 e. The predicted octanol–water partition coefficient (Wildman–Crippen LogP) is 16.9. The lowest BCUT2D eigenvalue weighted by molar-refractivity contribution is 0.332. The van der Waals surface area contributed by atoms with Gasteiger partial charge in [-0.2, -0.15) is 0 Å². The predicted molar refractivity (Wildman–Crippen MR) is 295 cm³/mol. The van der Waals surface area contributed by atoms with Crippen molar-refractivity contribution in [1.29, 1.82) is 0 Å². The molecule has 70 heavy (non-hydrogen) atoms. The normalized spacial score (nSPS) is 17.9. The maximum atomic E-state index is 7.75. The van der Waals surface area contributed by atoms with Crippen LogP contribution in [0.15, 0.2) is 154 Å². The Morgan fingerprint density at radius 1 is 0.471 bits per heavy atom. The van der Waals surface area contributed by atoms with Crippen LogP contribution < -0.4 is 20.8 Å². The molecule has 0 bridgehead atoms. The molecule has 4 nitrogen and oxygen atoms in total. The van der Waals surface area contributed by atoms with Gasteiger partial charge in [-0.05, 0) is 164 Å².